The number of azide groups is 1. The van der Waals surface area contributed by atoms with Crippen molar-refractivity contribution in [2.24, 2.45) is 4.52 Å². The van der Waals surface area contributed by atoms with Crippen molar-refractivity contribution in [2.75, 3.05) is 0 Å². The van der Waals surface area contributed by atoms with Crippen LogP contribution < -0.4 is 0 Å². The van der Waals surface area contributed by atoms with Gasteiger partial charge in [-0.1, -0.05) is 0 Å². The third kappa shape index (κ3) is 2.24. The predicted molar refractivity (Wildman–Crippen MR) is 49.4 cm³/mol. The molecule has 0 heterocycles. The van der Waals surface area contributed by atoms with E-state index in [1.54, 1.807) is 0 Å². The average Bonchev–Trinajstić information content (AvgIpc) is 2.17. The lowest BCUT2D eigenvalue weighted by molar-refractivity contribution is -0.387. The van der Waals surface area contributed by atoms with E-state index in [1.807, 2.05) is 0 Å². The molecule has 0 aliphatic carbocycles. The zero-order valence-electron chi connectivity index (χ0n) is 7.44. The SMILES string of the molecule is [N-]=[N+]=NS(=O)(=O)c1ccc(F)c([N+](=O)[O-])c1. The Labute approximate surface area is 88.1 Å². The van der Waals surface area contributed by atoms with Crippen molar-refractivity contribution in [3.8, 4) is 0 Å². The molecule has 1 rings (SSSR count). The molecule has 16 heavy (non-hydrogen) atoms. The molecule has 0 amide bonds. The molecule has 0 spiro atoms. The summed E-state index contributed by atoms with van der Waals surface area (Å²) in [4.78, 5) is 10.7. The van der Waals surface area contributed by atoms with Crippen LogP contribution in [0, 0.1) is 15.9 Å². The first kappa shape index (κ1) is 11.9. The van der Waals surface area contributed by atoms with Crippen molar-refractivity contribution in [1.82, 2.24) is 0 Å². The van der Waals surface area contributed by atoms with Crippen LogP contribution >= 0.6 is 0 Å². The molecular formula is C6H3FN4O4S. The highest BCUT2D eigenvalue weighted by Gasteiger charge is 2.20. The first-order chi connectivity index (χ1) is 7.38. The molecule has 0 aromatic heterocycles. The minimum absolute atomic E-state index is 0.485. The van der Waals surface area contributed by atoms with Crippen LogP contribution in [-0.4, -0.2) is 13.3 Å². The standard InChI is InChI=1S/C6H3FN4O4S/c7-5-2-1-4(3-6(5)11(12)13)16(14,15)10-9-8/h1-3H. The van der Waals surface area contributed by atoms with Crippen molar-refractivity contribution in [1.29, 1.82) is 0 Å². The highest BCUT2D eigenvalue weighted by Crippen LogP contribution is 2.22. The van der Waals surface area contributed by atoms with Crippen molar-refractivity contribution >= 4 is 15.7 Å². The Bertz CT molecular complexity index is 593. The van der Waals surface area contributed by atoms with E-state index in [1.165, 1.54) is 0 Å². The molecule has 84 valence electrons. The predicted octanol–water partition coefficient (Wildman–Crippen LogP) is 1.73. The van der Waals surface area contributed by atoms with E-state index in [4.69, 9.17) is 5.53 Å². The summed E-state index contributed by atoms with van der Waals surface area (Å²) in [6, 6.07) is 1.86. The fraction of sp³-hybridized carbons (Fsp3) is 0. The number of hydrogen-bond donors (Lipinski definition) is 0. The van der Waals surface area contributed by atoms with E-state index >= 15 is 0 Å². The van der Waals surface area contributed by atoms with E-state index in [0.717, 1.165) is 6.07 Å². The number of benzene rings is 1. The summed E-state index contributed by atoms with van der Waals surface area (Å²) in [6.45, 7) is 0. The smallest absolute Gasteiger partial charge is 0.258 e. The monoisotopic (exact) mass is 246 g/mol. The van der Waals surface area contributed by atoms with Gasteiger partial charge in [0.25, 0.3) is 10.0 Å². The van der Waals surface area contributed by atoms with Gasteiger partial charge in [-0.25, -0.2) is 8.42 Å². The highest BCUT2D eigenvalue weighted by atomic mass is 32.2. The zero-order valence-corrected chi connectivity index (χ0v) is 8.26. The Morgan fingerprint density at radius 3 is 2.62 bits per heavy atom. The number of hydrogen-bond acceptors (Lipinski definition) is 4. The van der Waals surface area contributed by atoms with Crippen LogP contribution in [0.25, 0.3) is 10.4 Å². The van der Waals surface area contributed by atoms with Crippen LogP contribution in [0.1, 0.15) is 0 Å². The van der Waals surface area contributed by atoms with Gasteiger partial charge in [-0.05, 0) is 17.7 Å². The maximum atomic E-state index is 12.9. The third-order valence-electron chi connectivity index (χ3n) is 1.56. The Kier molecular flexibility index (Phi) is 3.06. The van der Waals surface area contributed by atoms with Crippen molar-refractivity contribution in [3.05, 3.63) is 44.6 Å². The van der Waals surface area contributed by atoms with Crippen molar-refractivity contribution < 1.29 is 17.7 Å². The van der Waals surface area contributed by atoms with Crippen LogP contribution in [-0.2, 0) is 10.0 Å². The summed E-state index contributed by atoms with van der Waals surface area (Å²) in [6.07, 6.45) is 0. The van der Waals surface area contributed by atoms with Gasteiger partial charge in [-0.3, -0.25) is 10.1 Å². The molecule has 0 saturated heterocycles. The van der Waals surface area contributed by atoms with E-state index in [-0.39, 0.29) is 0 Å². The Morgan fingerprint density at radius 1 is 1.50 bits per heavy atom. The van der Waals surface area contributed by atoms with Gasteiger partial charge in [0, 0.05) is 15.5 Å². The fourth-order valence-corrected chi connectivity index (χ4v) is 1.58. The van der Waals surface area contributed by atoms with Gasteiger partial charge in [0.15, 0.2) is 0 Å². The molecule has 0 N–H and O–H groups in total. The maximum Gasteiger partial charge on any atom is 0.306 e. The Hall–Kier alpha value is -2.19. The normalized spacial score (nSPS) is 10.6. The van der Waals surface area contributed by atoms with E-state index in [2.05, 4.69) is 9.43 Å². The number of nitro groups is 1. The zero-order chi connectivity index (χ0) is 12.3. The van der Waals surface area contributed by atoms with Crippen molar-refractivity contribution in [2.45, 2.75) is 4.90 Å². The second-order valence-corrected chi connectivity index (χ2v) is 4.10. The summed E-state index contributed by atoms with van der Waals surface area (Å²) in [5.41, 5.74) is 6.96. The van der Waals surface area contributed by atoms with E-state index in [0.29, 0.717) is 12.1 Å². The molecule has 0 atom stereocenters. The molecule has 0 radical (unpaired) electrons. The number of nitrogens with zero attached hydrogens (tertiary/aromatic N) is 4. The number of halogens is 1. The minimum Gasteiger partial charge on any atom is -0.258 e. The lowest BCUT2D eigenvalue weighted by atomic mass is 10.3. The molecule has 0 fully saturated rings. The van der Waals surface area contributed by atoms with Crippen LogP contribution in [0.3, 0.4) is 0 Å². The summed E-state index contributed by atoms with van der Waals surface area (Å²) in [5.74, 6) is -1.18. The molecule has 0 saturated carbocycles. The van der Waals surface area contributed by atoms with Gasteiger partial charge in [0.05, 0.1) is 9.82 Å². The van der Waals surface area contributed by atoms with Crippen LogP contribution in [0.2, 0.25) is 0 Å². The molecule has 8 nitrogen and oxygen atoms in total. The third-order valence-corrected chi connectivity index (χ3v) is 2.69. The van der Waals surface area contributed by atoms with E-state index in [9.17, 15) is 22.9 Å². The van der Waals surface area contributed by atoms with Gasteiger partial charge in [-0.15, -0.1) is 0 Å². The molecule has 0 bridgehead atoms. The average molecular weight is 246 g/mol. The van der Waals surface area contributed by atoms with Gasteiger partial charge in [-0.2, -0.15) is 4.39 Å². The molecule has 10 heteroatoms. The first-order valence-corrected chi connectivity index (χ1v) is 5.08. The maximum absolute atomic E-state index is 12.9. The molecule has 1 aromatic rings. The van der Waals surface area contributed by atoms with E-state index < -0.39 is 31.3 Å². The lowest BCUT2D eigenvalue weighted by Crippen LogP contribution is -1.99. The quantitative estimate of drug-likeness (QED) is 0.264. The fourth-order valence-electron chi connectivity index (χ4n) is 0.888. The van der Waals surface area contributed by atoms with Gasteiger partial charge in [0.2, 0.25) is 5.82 Å². The summed E-state index contributed by atoms with van der Waals surface area (Å²) >= 11 is 0. The minimum atomic E-state index is -4.35. The van der Waals surface area contributed by atoms with Gasteiger partial charge in [0.1, 0.15) is 0 Å². The van der Waals surface area contributed by atoms with Crippen molar-refractivity contribution in [3.63, 3.8) is 0 Å². The summed E-state index contributed by atoms with van der Waals surface area (Å²) < 4.78 is 37.6. The molecule has 1 aromatic carbocycles. The van der Waals surface area contributed by atoms with Crippen LogP contribution in [0.5, 0.6) is 0 Å². The van der Waals surface area contributed by atoms with Gasteiger partial charge >= 0.3 is 5.69 Å². The Balaban J connectivity index is 3.45. The van der Waals surface area contributed by atoms with Crippen LogP contribution in [0.15, 0.2) is 27.6 Å². The molecule has 0 aliphatic heterocycles. The number of sulfonamides is 1. The molecule has 0 unspecified atom stereocenters. The molecular weight excluding hydrogens is 243 g/mol. The highest BCUT2D eigenvalue weighted by molar-refractivity contribution is 7.90. The first-order valence-electron chi connectivity index (χ1n) is 3.64. The summed E-state index contributed by atoms with van der Waals surface area (Å²) in [7, 11) is -4.35. The number of nitro benzene ring substituents is 1. The lowest BCUT2D eigenvalue weighted by Gasteiger charge is -1.98. The summed E-state index contributed by atoms with van der Waals surface area (Å²) in [5, 5.41) is 10.3. The van der Waals surface area contributed by atoms with Crippen LogP contribution in [0.4, 0.5) is 10.1 Å². The van der Waals surface area contributed by atoms with Gasteiger partial charge < -0.3 is 0 Å². The second-order valence-electron chi connectivity index (χ2n) is 2.52. The largest absolute Gasteiger partial charge is 0.306 e. The Morgan fingerprint density at radius 2 is 2.12 bits per heavy atom. The number of rotatable bonds is 3. The second kappa shape index (κ2) is 4.13. The topological polar surface area (TPSA) is 126 Å². The molecule has 0 aliphatic rings.